The van der Waals surface area contributed by atoms with E-state index in [2.05, 4.69) is 15.6 Å². The Morgan fingerprint density at radius 3 is 3.09 bits per heavy atom. The number of carbonyl (C=O) groups excluding carboxylic acids is 1. The van der Waals surface area contributed by atoms with E-state index in [4.69, 9.17) is 11.6 Å². The summed E-state index contributed by atoms with van der Waals surface area (Å²) in [4.78, 5) is 17.5. The van der Waals surface area contributed by atoms with Crippen LogP contribution < -0.4 is 10.6 Å². The van der Waals surface area contributed by atoms with Crippen molar-refractivity contribution >= 4 is 29.4 Å². The van der Waals surface area contributed by atoms with Crippen molar-refractivity contribution in [2.75, 3.05) is 12.3 Å². The number of amides is 2. The van der Waals surface area contributed by atoms with Gasteiger partial charge in [-0.15, -0.1) is 11.8 Å². The second kappa shape index (κ2) is 7.70. The summed E-state index contributed by atoms with van der Waals surface area (Å²) in [5.41, 5.74) is 2.08. The topological polar surface area (TPSA) is 54.0 Å². The molecule has 1 aliphatic rings. The largest absolute Gasteiger partial charge is 0.338 e. The highest BCUT2D eigenvalue weighted by atomic mass is 35.5. The van der Waals surface area contributed by atoms with Gasteiger partial charge in [0.1, 0.15) is 0 Å². The molecule has 0 aliphatic carbocycles. The molecule has 2 heterocycles. The molecular weight excluding hydrogens is 330 g/mol. The lowest BCUT2D eigenvalue weighted by Gasteiger charge is -2.26. The molecule has 4 nitrogen and oxygen atoms in total. The van der Waals surface area contributed by atoms with Crippen LogP contribution in [-0.2, 0) is 6.42 Å². The zero-order chi connectivity index (χ0) is 16.1. The Morgan fingerprint density at radius 1 is 1.35 bits per heavy atom. The predicted octanol–water partition coefficient (Wildman–Crippen LogP) is 3.81. The second-order valence-corrected chi connectivity index (χ2v) is 6.92. The highest BCUT2D eigenvalue weighted by Crippen LogP contribution is 2.37. The molecule has 2 aromatic rings. The minimum Gasteiger partial charge on any atom is -0.338 e. The average molecular weight is 348 g/mol. The Balaban J connectivity index is 1.54. The van der Waals surface area contributed by atoms with Gasteiger partial charge >= 0.3 is 6.03 Å². The van der Waals surface area contributed by atoms with Crippen molar-refractivity contribution in [2.24, 2.45) is 0 Å². The molecule has 23 heavy (non-hydrogen) atoms. The van der Waals surface area contributed by atoms with Gasteiger partial charge in [-0.3, -0.25) is 4.98 Å². The van der Waals surface area contributed by atoms with E-state index in [0.717, 1.165) is 29.9 Å². The van der Waals surface area contributed by atoms with Crippen LogP contribution >= 0.6 is 23.4 Å². The van der Waals surface area contributed by atoms with Crippen LogP contribution in [0.2, 0.25) is 5.02 Å². The van der Waals surface area contributed by atoms with Gasteiger partial charge in [-0.2, -0.15) is 0 Å². The molecule has 2 N–H and O–H groups in total. The molecule has 0 unspecified atom stereocenters. The number of rotatable bonds is 4. The molecule has 0 saturated carbocycles. The first-order chi connectivity index (χ1) is 11.2. The molecule has 1 aromatic carbocycles. The molecule has 6 heteroatoms. The number of nitrogens with zero attached hydrogens (tertiary/aromatic N) is 1. The number of benzene rings is 1. The van der Waals surface area contributed by atoms with Gasteiger partial charge in [-0.25, -0.2) is 4.79 Å². The predicted molar refractivity (Wildman–Crippen MR) is 94.0 cm³/mol. The number of hydrogen-bond acceptors (Lipinski definition) is 3. The molecular formula is C17H18ClN3OS. The molecule has 0 spiro atoms. The van der Waals surface area contributed by atoms with Gasteiger partial charge in [0.2, 0.25) is 0 Å². The second-order valence-electron chi connectivity index (χ2n) is 5.34. The number of hydrogen-bond donors (Lipinski definition) is 2. The molecule has 1 aromatic heterocycles. The zero-order valence-electron chi connectivity index (χ0n) is 12.6. The van der Waals surface area contributed by atoms with E-state index >= 15 is 0 Å². The SMILES string of the molecule is O=C(NCCc1ccccn1)N[C@H]1CCSc2ccc(Cl)cc21. The molecule has 0 bridgehead atoms. The molecule has 2 amide bonds. The highest BCUT2D eigenvalue weighted by Gasteiger charge is 2.22. The number of fused-ring (bicyclic) bond motifs is 1. The molecule has 0 saturated heterocycles. The smallest absolute Gasteiger partial charge is 0.315 e. The Morgan fingerprint density at radius 2 is 2.26 bits per heavy atom. The number of aromatic nitrogens is 1. The maximum Gasteiger partial charge on any atom is 0.315 e. The van der Waals surface area contributed by atoms with Gasteiger partial charge < -0.3 is 10.6 Å². The molecule has 0 radical (unpaired) electrons. The van der Waals surface area contributed by atoms with E-state index in [0.29, 0.717) is 11.6 Å². The summed E-state index contributed by atoms with van der Waals surface area (Å²) in [5, 5.41) is 6.64. The average Bonchev–Trinajstić information content (AvgIpc) is 2.56. The van der Waals surface area contributed by atoms with Gasteiger partial charge in [-0.1, -0.05) is 17.7 Å². The highest BCUT2D eigenvalue weighted by molar-refractivity contribution is 7.99. The number of urea groups is 1. The van der Waals surface area contributed by atoms with Crippen molar-refractivity contribution in [2.45, 2.75) is 23.8 Å². The molecule has 120 valence electrons. The number of carbonyl (C=O) groups is 1. The van der Waals surface area contributed by atoms with Crippen molar-refractivity contribution in [3.05, 3.63) is 58.9 Å². The van der Waals surface area contributed by atoms with Crippen LogP contribution in [0.1, 0.15) is 23.7 Å². The Kier molecular flexibility index (Phi) is 5.41. The Hall–Kier alpha value is -1.72. The maximum atomic E-state index is 12.1. The van der Waals surface area contributed by atoms with Crippen molar-refractivity contribution in [1.82, 2.24) is 15.6 Å². The lowest BCUT2D eigenvalue weighted by atomic mass is 10.0. The van der Waals surface area contributed by atoms with E-state index in [1.54, 1.807) is 18.0 Å². The summed E-state index contributed by atoms with van der Waals surface area (Å²) in [6.45, 7) is 0.562. The van der Waals surface area contributed by atoms with Crippen LogP contribution in [0.3, 0.4) is 0 Å². The third-order valence-corrected chi connectivity index (χ3v) is 5.07. The summed E-state index contributed by atoms with van der Waals surface area (Å²) >= 11 is 7.89. The van der Waals surface area contributed by atoms with Gasteiger partial charge in [-0.05, 0) is 42.3 Å². The zero-order valence-corrected chi connectivity index (χ0v) is 14.2. The third-order valence-electron chi connectivity index (χ3n) is 3.71. The summed E-state index contributed by atoms with van der Waals surface area (Å²) in [7, 11) is 0. The number of thioether (sulfide) groups is 1. The molecule has 1 aliphatic heterocycles. The fourth-order valence-electron chi connectivity index (χ4n) is 2.57. The Bertz CT molecular complexity index is 681. The van der Waals surface area contributed by atoms with E-state index in [9.17, 15) is 4.79 Å². The normalized spacial score (nSPS) is 16.5. The molecule has 0 fully saturated rings. The first-order valence-electron chi connectivity index (χ1n) is 7.59. The van der Waals surface area contributed by atoms with E-state index in [1.807, 2.05) is 36.4 Å². The van der Waals surface area contributed by atoms with Crippen molar-refractivity contribution < 1.29 is 4.79 Å². The maximum absolute atomic E-state index is 12.1. The van der Waals surface area contributed by atoms with Crippen LogP contribution in [0.4, 0.5) is 4.79 Å². The van der Waals surface area contributed by atoms with Gasteiger partial charge in [0.25, 0.3) is 0 Å². The van der Waals surface area contributed by atoms with E-state index in [-0.39, 0.29) is 12.1 Å². The van der Waals surface area contributed by atoms with Crippen molar-refractivity contribution in [3.63, 3.8) is 0 Å². The standard InChI is InChI=1S/C17H18ClN3OS/c18-12-4-5-16-14(11-12)15(7-10-23-16)21-17(22)20-9-6-13-3-1-2-8-19-13/h1-5,8,11,15H,6-7,9-10H2,(H2,20,21,22)/t15-/m0/s1. The summed E-state index contributed by atoms with van der Waals surface area (Å²) in [6.07, 6.45) is 3.39. The minimum absolute atomic E-state index is 0.0137. The lowest BCUT2D eigenvalue weighted by molar-refractivity contribution is 0.236. The fraction of sp³-hybridized carbons (Fsp3) is 0.294. The van der Waals surface area contributed by atoms with Gasteiger partial charge in [0.05, 0.1) is 6.04 Å². The first kappa shape index (κ1) is 16.1. The monoisotopic (exact) mass is 347 g/mol. The van der Waals surface area contributed by atoms with E-state index in [1.165, 1.54) is 4.90 Å². The van der Waals surface area contributed by atoms with Crippen LogP contribution in [0.25, 0.3) is 0 Å². The molecule has 3 rings (SSSR count). The van der Waals surface area contributed by atoms with E-state index < -0.39 is 0 Å². The van der Waals surface area contributed by atoms with Crippen molar-refractivity contribution in [3.8, 4) is 0 Å². The van der Waals surface area contributed by atoms with Crippen LogP contribution in [-0.4, -0.2) is 23.3 Å². The summed E-state index contributed by atoms with van der Waals surface area (Å²) < 4.78 is 0. The quantitative estimate of drug-likeness (QED) is 0.884. The first-order valence-corrected chi connectivity index (χ1v) is 8.95. The third kappa shape index (κ3) is 4.39. The number of nitrogens with one attached hydrogen (secondary N) is 2. The Labute approximate surface area is 145 Å². The van der Waals surface area contributed by atoms with Gasteiger partial charge in [0.15, 0.2) is 0 Å². The van der Waals surface area contributed by atoms with Crippen LogP contribution in [0, 0.1) is 0 Å². The van der Waals surface area contributed by atoms with Crippen LogP contribution in [0.15, 0.2) is 47.5 Å². The minimum atomic E-state index is -0.149. The van der Waals surface area contributed by atoms with Crippen LogP contribution in [0.5, 0.6) is 0 Å². The number of halogens is 1. The lowest BCUT2D eigenvalue weighted by Crippen LogP contribution is -2.39. The summed E-state index contributed by atoms with van der Waals surface area (Å²) in [5.74, 6) is 0.994. The summed E-state index contributed by atoms with van der Waals surface area (Å²) in [6, 6.07) is 11.5. The fourth-order valence-corrected chi connectivity index (χ4v) is 3.86. The van der Waals surface area contributed by atoms with Gasteiger partial charge in [0, 0.05) is 40.5 Å². The van der Waals surface area contributed by atoms with Crippen molar-refractivity contribution in [1.29, 1.82) is 0 Å². The number of pyridine rings is 1. The molecule has 1 atom stereocenters.